The summed E-state index contributed by atoms with van der Waals surface area (Å²) in [6.07, 6.45) is 3.68. The third kappa shape index (κ3) is 6.44. The average Bonchev–Trinajstić information content (AvgIpc) is 3.21. The lowest BCUT2D eigenvalue weighted by atomic mass is 10.0. The number of aliphatic hydroxyl groups excluding tert-OH is 1. The molecule has 1 N–H and O–H groups in total. The highest BCUT2D eigenvalue weighted by atomic mass is 16.6. The van der Waals surface area contributed by atoms with Crippen molar-refractivity contribution in [2.24, 2.45) is 5.16 Å². The number of aliphatic hydroxyl groups is 1. The maximum atomic E-state index is 10.4. The Balaban J connectivity index is 1.64. The van der Waals surface area contributed by atoms with E-state index in [4.69, 9.17) is 9.57 Å². The molecule has 0 amide bonds. The molecule has 0 radical (unpaired) electrons. The van der Waals surface area contributed by atoms with Crippen LogP contribution in [0.4, 0.5) is 0 Å². The van der Waals surface area contributed by atoms with Crippen molar-refractivity contribution in [1.29, 1.82) is 0 Å². The molecule has 0 saturated carbocycles. The minimum Gasteiger partial charge on any atom is -0.497 e. The Kier molecular flexibility index (Phi) is 7.85. The molecule has 0 bridgehead atoms. The largest absolute Gasteiger partial charge is 0.497 e. The highest BCUT2D eigenvalue weighted by Gasteiger charge is 2.25. The van der Waals surface area contributed by atoms with Crippen LogP contribution in [0.2, 0.25) is 0 Å². The van der Waals surface area contributed by atoms with Crippen molar-refractivity contribution in [2.75, 3.05) is 20.2 Å². The minimum atomic E-state index is -0.408. The number of ether oxygens (including phenoxy) is 1. The lowest BCUT2D eigenvalue weighted by Gasteiger charge is -2.27. The van der Waals surface area contributed by atoms with Gasteiger partial charge in [-0.25, -0.2) is 0 Å². The highest BCUT2D eigenvalue weighted by Crippen LogP contribution is 2.20. The van der Waals surface area contributed by atoms with E-state index in [2.05, 4.69) is 34.8 Å². The van der Waals surface area contributed by atoms with Gasteiger partial charge in [0.05, 0.1) is 18.9 Å². The van der Waals surface area contributed by atoms with Crippen LogP contribution in [0, 0.1) is 0 Å². The van der Waals surface area contributed by atoms with Crippen molar-refractivity contribution in [3.8, 4) is 5.75 Å². The quantitative estimate of drug-likeness (QED) is 0.585. The van der Waals surface area contributed by atoms with Crippen LogP contribution in [0.5, 0.6) is 5.75 Å². The van der Waals surface area contributed by atoms with Crippen molar-refractivity contribution >= 4 is 5.71 Å². The van der Waals surface area contributed by atoms with Crippen molar-refractivity contribution in [1.82, 2.24) is 4.90 Å². The Hall–Kier alpha value is -2.63. The predicted molar refractivity (Wildman–Crippen MR) is 116 cm³/mol. The van der Waals surface area contributed by atoms with Crippen LogP contribution in [-0.2, 0) is 11.4 Å². The van der Waals surface area contributed by atoms with Gasteiger partial charge in [-0.1, -0.05) is 53.7 Å². The third-order valence-electron chi connectivity index (χ3n) is 5.02. The Morgan fingerprint density at radius 2 is 2.10 bits per heavy atom. The van der Waals surface area contributed by atoms with Gasteiger partial charge in [0, 0.05) is 26.1 Å². The fraction of sp³-hybridized carbons (Fsp3) is 0.375. The Morgan fingerprint density at radius 1 is 1.28 bits per heavy atom. The lowest BCUT2D eigenvalue weighted by Crippen LogP contribution is -2.37. The number of rotatable bonds is 11. The number of hydrogen-bond acceptors (Lipinski definition) is 5. The summed E-state index contributed by atoms with van der Waals surface area (Å²) in [6.45, 7) is 5.73. The molecule has 0 fully saturated rings. The van der Waals surface area contributed by atoms with Crippen LogP contribution < -0.4 is 4.74 Å². The first-order chi connectivity index (χ1) is 14.2. The summed E-state index contributed by atoms with van der Waals surface area (Å²) in [5.74, 6) is 0.835. The van der Waals surface area contributed by atoms with Gasteiger partial charge < -0.3 is 14.7 Å². The topological polar surface area (TPSA) is 54.3 Å². The molecular formula is C24H30N2O3. The molecule has 0 aromatic heterocycles. The van der Waals surface area contributed by atoms with Gasteiger partial charge in [0.25, 0.3) is 0 Å². The Bertz CT molecular complexity index is 807. The zero-order chi connectivity index (χ0) is 20.5. The average molecular weight is 395 g/mol. The first kappa shape index (κ1) is 21.1. The van der Waals surface area contributed by atoms with Gasteiger partial charge in [-0.3, -0.25) is 4.90 Å². The maximum Gasteiger partial charge on any atom is 0.145 e. The Labute approximate surface area is 173 Å². The molecule has 5 nitrogen and oxygen atoms in total. The van der Waals surface area contributed by atoms with E-state index in [1.54, 1.807) is 7.11 Å². The second-order valence-corrected chi connectivity index (χ2v) is 7.40. The van der Waals surface area contributed by atoms with E-state index in [1.807, 2.05) is 42.5 Å². The molecule has 1 aliphatic heterocycles. The molecular weight excluding hydrogens is 364 g/mol. The van der Waals surface area contributed by atoms with Gasteiger partial charge in [-0.05, 0) is 36.1 Å². The molecule has 0 saturated heterocycles. The van der Waals surface area contributed by atoms with Gasteiger partial charge >= 0.3 is 0 Å². The number of hydrogen-bond donors (Lipinski definition) is 1. The number of allylic oxidation sites excluding steroid dienone is 1. The molecule has 29 heavy (non-hydrogen) atoms. The van der Waals surface area contributed by atoms with Crippen LogP contribution in [0.15, 0.2) is 72.4 Å². The molecule has 2 aromatic carbocycles. The zero-order valence-electron chi connectivity index (χ0n) is 17.0. The van der Waals surface area contributed by atoms with Gasteiger partial charge in [0.2, 0.25) is 0 Å². The molecule has 5 heteroatoms. The molecule has 1 aliphatic rings. The number of oxime groups is 1. The fourth-order valence-electron chi connectivity index (χ4n) is 3.55. The van der Waals surface area contributed by atoms with E-state index < -0.39 is 6.10 Å². The molecule has 0 spiro atoms. The monoisotopic (exact) mass is 394 g/mol. The fourth-order valence-corrected chi connectivity index (χ4v) is 3.55. The summed E-state index contributed by atoms with van der Waals surface area (Å²) < 4.78 is 5.35. The van der Waals surface area contributed by atoms with Crippen molar-refractivity contribution in [3.05, 3.63) is 78.4 Å². The van der Waals surface area contributed by atoms with Gasteiger partial charge in [0.1, 0.15) is 11.9 Å². The summed E-state index contributed by atoms with van der Waals surface area (Å²) in [5, 5.41) is 14.7. The smallest absolute Gasteiger partial charge is 0.145 e. The molecule has 0 aliphatic carbocycles. The summed E-state index contributed by atoms with van der Waals surface area (Å²) >= 11 is 0. The standard InChI is InChI=1S/C24H30N2O3/c1-3-4-12-21(27)17-26(16-19-9-8-13-22(14-19)28-2)18-23-15-24(25-29-23)20-10-6-5-7-11-20/h3,5-11,13-14,21,23,27H,1,4,12,15-18H2,2H3/t21-,23-/m0/s1. The van der Waals surface area contributed by atoms with Crippen LogP contribution in [0.25, 0.3) is 0 Å². The second-order valence-electron chi connectivity index (χ2n) is 7.40. The normalized spacial score (nSPS) is 16.9. The molecule has 2 aromatic rings. The van der Waals surface area contributed by atoms with Crippen LogP contribution in [0.1, 0.15) is 30.4 Å². The summed E-state index contributed by atoms with van der Waals surface area (Å²) in [4.78, 5) is 7.95. The van der Waals surface area contributed by atoms with Gasteiger partial charge in [0.15, 0.2) is 0 Å². The van der Waals surface area contributed by atoms with E-state index in [-0.39, 0.29) is 6.10 Å². The van der Waals surface area contributed by atoms with E-state index in [0.29, 0.717) is 26.1 Å². The summed E-state index contributed by atoms with van der Waals surface area (Å²) in [7, 11) is 1.67. The van der Waals surface area contributed by atoms with Gasteiger partial charge in [-0.2, -0.15) is 0 Å². The van der Waals surface area contributed by atoms with Crippen LogP contribution in [0.3, 0.4) is 0 Å². The van der Waals surface area contributed by atoms with Crippen LogP contribution >= 0.6 is 0 Å². The lowest BCUT2D eigenvalue weighted by molar-refractivity contribution is 0.0308. The number of nitrogens with zero attached hydrogens (tertiary/aromatic N) is 2. The van der Waals surface area contributed by atoms with E-state index >= 15 is 0 Å². The van der Waals surface area contributed by atoms with Crippen molar-refractivity contribution in [2.45, 2.75) is 38.0 Å². The summed E-state index contributed by atoms with van der Waals surface area (Å²) in [6, 6.07) is 18.2. The van der Waals surface area contributed by atoms with Crippen molar-refractivity contribution in [3.63, 3.8) is 0 Å². The Morgan fingerprint density at radius 3 is 2.86 bits per heavy atom. The SMILES string of the molecule is C=CCC[C@H](O)CN(Cc1cccc(OC)c1)C[C@@H]1CC(c2ccccc2)=NO1. The van der Waals surface area contributed by atoms with Crippen LogP contribution in [-0.4, -0.2) is 48.1 Å². The highest BCUT2D eigenvalue weighted by molar-refractivity contribution is 6.01. The molecule has 154 valence electrons. The number of methoxy groups -OCH3 is 1. The minimum absolute atomic E-state index is 0.0255. The predicted octanol–water partition coefficient (Wildman–Crippen LogP) is 4.02. The summed E-state index contributed by atoms with van der Waals surface area (Å²) in [5.41, 5.74) is 3.21. The zero-order valence-corrected chi connectivity index (χ0v) is 17.0. The first-order valence-corrected chi connectivity index (χ1v) is 10.1. The molecule has 1 heterocycles. The maximum absolute atomic E-state index is 10.4. The van der Waals surface area contributed by atoms with Crippen molar-refractivity contribution < 1.29 is 14.7 Å². The van der Waals surface area contributed by atoms with Gasteiger partial charge in [-0.15, -0.1) is 6.58 Å². The number of benzene rings is 2. The molecule has 0 unspecified atom stereocenters. The molecule has 3 rings (SSSR count). The molecule has 2 atom stereocenters. The second kappa shape index (κ2) is 10.8. The third-order valence-corrected chi connectivity index (χ3v) is 5.02. The van der Waals surface area contributed by atoms with E-state index in [0.717, 1.165) is 35.4 Å². The first-order valence-electron chi connectivity index (χ1n) is 10.1. The van der Waals surface area contributed by atoms with E-state index in [1.165, 1.54) is 0 Å². The van der Waals surface area contributed by atoms with E-state index in [9.17, 15) is 5.11 Å².